The number of nitrogens with zero attached hydrogens (tertiary/aromatic N) is 3. The highest BCUT2D eigenvalue weighted by Gasteiger charge is 2.22. The first-order valence-corrected chi connectivity index (χ1v) is 9.85. The number of aryl methyl sites for hydroxylation is 3. The quantitative estimate of drug-likeness (QED) is 0.466. The van der Waals surface area contributed by atoms with Crippen LogP contribution in [0.4, 0.5) is 0 Å². The molecule has 148 valence electrons. The Bertz CT molecular complexity index is 1180. The number of fused-ring (bicyclic) bond motifs is 1. The maximum absolute atomic E-state index is 12.8. The molecule has 0 radical (unpaired) electrons. The molecule has 0 aliphatic carbocycles. The molecule has 1 amide bonds. The lowest BCUT2D eigenvalue weighted by molar-refractivity contribution is 0.0952. The molecule has 0 spiro atoms. The van der Waals surface area contributed by atoms with E-state index < -0.39 is 0 Å². The van der Waals surface area contributed by atoms with Crippen molar-refractivity contribution in [2.24, 2.45) is 0 Å². The summed E-state index contributed by atoms with van der Waals surface area (Å²) >= 11 is 6.27. The molecule has 0 saturated heterocycles. The molecular formula is C22H21ClN4O2. The average molecular weight is 409 g/mol. The monoisotopic (exact) mass is 408 g/mol. The number of amides is 1. The number of hydrogen-bond donors (Lipinski definition) is 1. The van der Waals surface area contributed by atoms with E-state index in [1.165, 1.54) is 0 Å². The van der Waals surface area contributed by atoms with Crippen LogP contribution in [0.15, 0.2) is 53.1 Å². The van der Waals surface area contributed by atoms with E-state index in [9.17, 15) is 4.79 Å². The van der Waals surface area contributed by atoms with Gasteiger partial charge in [-0.3, -0.25) is 4.79 Å². The van der Waals surface area contributed by atoms with Crippen molar-refractivity contribution in [3.63, 3.8) is 0 Å². The van der Waals surface area contributed by atoms with Crippen molar-refractivity contribution in [1.29, 1.82) is 0 Å². The lowest BCUT2D eigenvalue weighted by Crippen LogP contribution is -2.26. The lowest BCUT2D eigenvalue weighted by atomic mass is 10.1. The van der Waals surface area contributed by atoms with Crippen molar-refractivity contribution in [1.82, 2.24) is 20.0 Å². The van der Waals surface area contributed by atoms with E-state index in [1.807, 2.05) is 43.3 Å². The van der Waals surface area contributed by atoms with Gasteiger partial charge in [0.1, 0.15) is 22.8 Å². The smallest absolute Gasteiger partial charge is 0.257 e. The Morgan fingerprint density at radius 3 is 2.72 bits per heavy atom. The Balaban J connectivity index is 1.44. The second-order valence-corrected chi connectivity index (χ2v) is 7.26. The van der Waals surface area contributed by atoms with Gasteiger partial charge in [0.2, 0.25) is 0 Å². The minimum Gasteiger partial charge on any atom is -0.360 e. The van der Waals surface area contributed by atoms with Gasteiger partial charge in [-0.15, -0.1) is 0 Å². The van der Waals surface area contributed by atoms with Crippen molar-refractivity contribution in [2.45, 2.75) is 26.8 Å². The van der Waals surface area contributed by atoms with Crippen LogP contribution in [0.1, 0.15) is 28.4 Å². The Kier molecular flexibility index (Phi) is 5.36. The molecule has 0 aliphatic rings. The van der Waals surface area contributed by atoms with E-state index in [0.717, 1.165) is 29.8 Å². The minimum absolute atomic E-state index is 0.217. The van der Waals surface area contributed by atoms with Crippen LogP contribution in [0, 0.1) is 13.8 Å². The third kappa shape index (κ3) is 3.76. The van der Waals surface area contributed by atoms with Gasteiger partial charge in [-0.05, 0) is 38.5 Å². The summed E-state index contributed by atoms with van der Waals surface area (Å²) in [6, 6.07) is 15.3. The van der Waals surface area contributed by atoms with Gasteiger partial charge in [0, 0.05) is 18.7 Å². The van der Waals surface area contributed by atoms with Gasteiger partial charge in [-0.25, -0.2) is 4.98 Å². The van der Waals surface area contributed by atoms with Crippen molar-refractivity contribution in [3.05, 3.63) is 70.7 Å². The van der Waals surface area contributed by atoms with Crippen LogP contribution in [-0.4, -0.2) is 27.2 Å². The van der Waals surface area contributed by atoms with Crippen LogP contribution in [0.5, 0.6) is 0 Å². The SMILES string of the molecule is Cc1onc(-c2ccccc2Cl)c1C(=O)NCCCn1c(C)nc2ccccc21. The fourth-order valence-corrected chi connectivity index (χ4v) is 3.71. The number of para-hydroxylation sites is 2. The Hall–Kier alpha value is -3.12. The summed E-state index contributed by atoms with van der Waals surface area (Å²) in [7, 11) is 0. The number of carbonyl (C=O) groups excluding carboxylic acids is 1. The zero-order valence-electron chi connectivity index (χ0n) is 16.3. The number of benzene rings is 2. The molecule has 0 saturated carbocycles. The van der Waals surface area contributed by atoms with Gasteiger partial charge in [0.25, 0.3) is 5.91 Å². The molecule has 4 rings (SSSR count). The largest absolute Gasteiger partial charge is 0.360 e. The van der Waals surface area contributed by atoms with Gasteiger partial charge in [-0.2, -0.15) is 0 Å². The second kappa shape index (κ2) is 8.09. The van der Waals surface area contributed by atoms with Crippen LogP contribution in [0.2, 0.25) is 5.02 Å². The van der Waals surface area contributed by atoms with Gasteiger partial charge in [0.15, 0.2) is 0 Å². The highest BCUT2D eigenvalue weighted by molar-refractivity contribution is 6.33. The third-order valence-electron chi connectivity index (χ3n) is 4.91. The first-order valence-electron chi connectivity index (χ1n) is 9.47. The highest BCUT2D eigenvalue weighted by Crippen LogP contribution is 2.30. The standard InChI is InChI=1S/C22H21ClN4O2/c1-14-20(21(26-29-14)16-8-3-4-9-17(16)23)22(28)24-12-7-13-27-15(2)25-18-10-5-6-11-19(18)27/h3-6,8-11H,7,12-13H2,1-2H3,(H,24,28). The van der Waals surface area contributed by atoms with Gasteiger partial charge < -0.3 is 14.4 Å². The molecule has 7 heteroatoms. The Morgan fingerprint density at radius 1 is 1.14 bits per heavy atom. The molecule has 2 aromatic carbocycles. The van der Waals surface area contributed by atoms with E-state index in [0.29, 0.717) is 34.1 Å². The molecule has 0 bridgehead atoms. The number of halogens is 1. The molecule has 0 fully saturated rings. The summed E-state index contributed by atoms with van der Waals surface area (Å²) in [5, 5.41) is 7.54. The van der Waals surface area contributed by atoms with Crippen LogP contribution in [0.25, 0.3) is 22.3 Å². The number of hydrogen-bond acceptors (Lipinski definition) is 4. The Morgan fingerprint density at radius 2 is 1.90 bits per heavy atom. The van der Waals surface area contributed by atoms with E-state index in [4.69, 9.17) is 16.1 Å². The normalized spacial score (nSPS) is 11.1. The van der Waals surface area contributed by atoms with E-state index in [2.05, 4.69) is 26.1 Å². The van der Waals surface area contributed by atoms with Crippen LogP contribution < -0.4 is 5.32 Å². The van der Waals surface area contributed by atoms with Crippen molar-refractivity contribution in [3.8, 4) is 11.3 Å². The summed E-state index contributed by atoms with van der Waals surface area (Å²) < 4.78 is 7.44. The molecule has 1 N–H and O–H groups in total. The first-order chi connectivity index (χ1) is 14.1. The molecular weight excluding hydrogens is 388 g/mol. The molecule has 2 aromatic heterocycles. The van der Waals surface area contributed by atoms with E-state index in [-0.39, 0.29) is 5.91 Å². The number of rotatable bonds is 6. The summed E-state index contributed by atoms with van der Waals surface area (Å²) in [5.74, 6) is 1.22. The maximum Gasteiger partial charge on any atom is 0.257 e. The lowest BCUT2D eigenvalue weighted by Gasteiger charge is -2.09. The highest BCUT2D eigenvalue weighted by atomic mass is 35.5. The molecule has 6 nitrogen and oxygen atoms in total. The fourth-order valence-electron chi connectivity index (χ4n) is 3.48. The predicted octanol–water partition coefficient (Wildman–Crippen LogP) is 4.78. The third-order valence-corrected chi connectivity index (χ3v) is 5.24. The second-order valence-electron chi connectivity index (χ2n) is 6.85. The van der Waals surface area contributed by atoms with Crippen molar-refractivity contribution in [2.75, 3.05) is 6.54 Å². The molecule has 4 aromatic rings. The summed E-state index contributed by atoms with van der Waals surface area (Å²) in [6.45, 7) is 5.02. The molecule has 2 heterocycles. The summed E-state index contributed by atoms with van der Waals surface area (Å²) in [4.78, 5) is 17.4. The van der Waals surface area contributed by atoms with Gasteiger partial charge in [0.05, 0.1) is 16.1 Å². The van der Waals surface area contributed by atoms with Crippen LogP contribution in [-0.2, 0) is 6.54 Å². The maximum atomic E-state index is 12.8. The number of nitrogens with one attached hydrogen (secondary N) is 1. The van der Waals surface area contributed by atoms with E-state index in [1.54, 1.807) is 13.0 Å². The van der Waals surface area contributed by atoms with Crippen molar-refractivity contribution < 1.29 is 9.32 Å². The van der Waals surface area contributed by atoms with Crippen molar-refractivity contribution >= 4 is 28.5 Å². The zero-order valence-corrected chi connectivity index (χ0v) is 17.0. The number of aromatic nitrogens is 3. The average Bonchev–Trinajstić information content (AvgIpc) is 3.25. The predicted molar refractivity (Wildman–Crippen MR) is 113 cm³/mol. The van der Waals surface area contributed by atoms with Crippen LogP contribution >= 0.6 is 11.6 Å². The summed E-state index contributed by atoms with van der Waals surface area (Å²) in [5.41, 5.74) is 3.65. The summed E-state index contributed by atoms with van der Waals surface area (Å²) in [6.07, 6.45) is 0.776. The number of imidazole rings is 1. The Labute approximate surface area is 173 Å². The molecule has 29 heavy (non-hydrogen) atoms. The van der Waals surface area contributed by atoms with Gasteiger partial charge >= 0.3 is 0 Å². The van der Waals surface area contributed by atoms with E-state index >= 15 is 0 Å². The number of carbonyl (C=O) groups is 1. The topological polar surface area (TPSA) is 73.0 Å². The molecule has 0 atom stereocenters. The first kappa shape index (κ1) is 19.2. The minimum atomic E-state index is -0.217. The zero-order chi connectivity index (χ0) is 20.4. The molecule has 0 aliphatic heterocycles. The van der Waals surface area contributed by atoms with Gasteiger partial charge in [-0.1, -0.05) is 47.1 Å². The molecule has 0 unspecified atom stereocenters. The van der Waals surface area contributed by atoms with Crippen LogP contribution in [0.3, 0.4) is 0 Å². The fraction of sp³-hybridized carbons (Fsp3) is 0.227.